The maximum Gasteiger partial charge on any atom is 0.416 e. The van der Waals surface area contributed by atoms with E-state index in [9.17, 15) is 26.7 Å². The molecule has 0 fully saturated rings. The topological polar surface area (TPSA) is 29.1 Å². The van der Waals surface area contributed by atoms with Gasteiger partial charge in [-0.05, 0) is 34.1 Å². The van der Waals surface area contributed by atoms with Crippen LogP contribution < -0.4 is 5.32 Å². The van der Waals surface area contributed by atoms with Crippen molar-refractivity contribution < 1.29 is 26.7 Å². The van der Waals surface area contributed by atoms with E-state index < -0.39 is 30.1 Å². The number of carbonyl (C=O) groups excluding carboxylic acids is 1. The summed E-state index contributed by atoms with van der Waals surface area (Å²) in [4.78, 5) is 11.5. The molecule has 0 aliphatic carbocycles. The molecule has 0 bridgehead atoms. The highest BCUT2D eigenvalue weighted by molar-refractivity contribution is 9.10. The van der Waals surface area contributed by atoms with E-state index in [1.165, 1.54) is 0 Å². The van der Waals surface area contributed by atoms with E-state index in [0.29, 0.717) is 13.0 Å². The Morgan fingerprint density at radius 2 is 1.84 bits per heavy atom. The summed E-state index contributed by atoms with van der Waals surface area (Å²) in [6.07, 6.45) is -4.53. The zero-order chi connectivity index (χ0) is 14.8. The average molecular weight is 346 g/mol. The van der Waals surface area contributed by atoms with Crippen molar-refractivity contribution in [3.8, 4) is 0 Å². The Morgan fingerprint density at radius 1 is 1.26 bits per heavy atom. The maximum absolute atomic E-state index is 12.5. The standard InChI is InChI=1S/C11H9BrF5NO/c1-10(13,14)5-18-9(19)7-3-2-6(4-8(7)12)11(15,16)17/h2-4H,5H2,1H3,(H,18,19). The van der Waals surface area contributed by atoms with Crippen LogP contribution in [0.4, 0.5) is 22.0 Å². The number of amides is 1. The van der Waals surface area contributed by atoms with Crippen LogP contribution in [-0.4, -0.2) is 18.4 Å². The summed E-state index contributed by atoms with van der Waals surface area (Å²) in [6, 6.07) is 2.36. The van der Waals surface area contributed by atoms with Crippen LogP contribution >= 0.6 is 15.9 Å². The van der Waals surface area contributed by atoms with E-state index in [-0.39, 0.29) is 10.0 Å². The van der Waals surface area contributed by atoms with Gasteiger partial charge in [-0.2, -0.15) is 13.2 Å². The third-order valence-corrected chi connectivity index (χ3v) is 2.76. The lowest BCUT2D eigenvalue weighted by Gasteiger charge is -2.13. The van der Waals surface area contributed by atoms with Crippen LogP contribution in [0, 0.1) is 0 Å². The van der Waals surface area contributed by atoms with Crippen molar-refractivity contribution in [3.05, 3.63) is 33.8 Å². The van der Waals surface area contributed by atoms with Crippen molar-refractivity contribution in [2.24, 2.45) is 0 Å². The molecule has 0 heterocycles. The van der Waals surface area contributed by atoms with Crippen LogP contribution in [0.5, 0.6) is 0 Å². The second kappa shape index (κ2) is 5.44. The molecule has 0 radical (unpaired) electrons. The number of rotatable bonds is 3. The fourth-order valence-corrected chi connectivity index (χ4v) is 1.77. The van der Waals surface area contributed by atoms with Crippen molar-refractivity contribution >= 4 is 21.8 Å². The average Bonchev–Trinajstić information content (AvgIpc) is 2.23. The SMILES string of the molecule is CC(F)(F)CNC(=O)c1ccc(C(F)(F)F)cc1Br. The van der Waals surface area contributed by atoms with E-state index in [0.717, 1.165) is 12.1 Å². The van der Waals surface area contributed by atoms with Gasteiger partial charge in [0.05, 0.1) is 17.7 Å². The molecule has 1 amide bonds. The molecule has 0 spiro atoms. The normalized spacial score (nSPS) is 12.4. The minimum absolute atomic E-state index is 0.112. The number of alkyl halides is 5. The number of benzene rings is 1. The molecule has 0 saturated heterocycles. The summed E-state index contributed by atoms with van der Waals surface area (Å²) in [5.41, 5.74) is -1.08. The Bertz CT molecular complexity index is 481. The minimum atomic E-state index is -4.53. The van der Waals surface area contributed by atoms with Gasteiger partial charge in [-0.25, -0.2) is 8.78 Å². The van der Waals surface area contributed by atoms with Crippen molar-refractivity contribution in [2.75, 3.05) is 6.54 Å². The van der Waals surface area contributed by atoms with Gasteiger partial charge in [-0.15, -0.1) is 0 Å². The minimum Gasteiger partial charge on any atom is -0.346 e. The first-order valence-electron chi connectivity index (χ1n) is 5.03. The number of hydrogen-bond donors (Lipinski definition) is 1. The monoisotopic (exact) mass is 345 g/mol. The third-order valence-electron chi connectivity index (χ3n) is 2.10. The van der Waals surface area contributed by atoms with E-state index >= 15 is 0 Å². The van der Waals surface area contributed by atoms with Crippen LogP contribution in [-0.2, 0) is 6.18 Å². The van der Waals surface area contributed by atoms with Crippen molar-refractivity contribution in [1.82, 2.24) is 5.32 Å². The zero-order valence-corrected chi connectivity index (χ0v) is 11.2. The first-order chi connectivity index (χ1) is 8.50. The predicted octanol–water partition coefficient (Wildman–Crippen LogP) is 3.85. The first-order valence-corrected chi connectivity index (χ1v) is 5.83. The zero-order valence-electron chi connectivity index (χ0n) is 9.62. The third kappa shape index (κ3) is 4.77. The molecule has 1 N–H and O–H groups in total. The lowest BCUT2D eigenvalue weighted by atomic mass is 10.1. The van der Waals surface area contributed by atoms with Gasteiger partial charge in [-0.3, -0.25) is 4.79 Å². The highest BCUT2D eigenvalue weighted by Gasteiger charge is 2.31. The molecule has 0 aromatic heterocycles. The van der Waals surface area contributed by atoms with Crippen molar-refractivity contribution in [2.45, 2.75) is 19.0 Å². The summed E-state index contributed by atoms with van der Waals surface area (Å²) >= 11 is 2.81. The Balaban J connectivity index is 2.88. The lowest BCUT2D eigenvalue weighted by Crippen LogP contribution is -2.34. The van der Waals surface area contributed by atoms with Gasteiger partial charge in [0.1, 0.15) is 0 Å². The van der Waals surface area contributed by atoms with E-state index in [4.69, 9.17) is 0 Å². The summed E-state index contributed by atoms with van der Waals surface area (Å²) < 4.78 is 62.1. The highest BCUT2D eigenvalue weighted by Crippen LogP contribution is 2.32. The Hall–Kier alpha value is -1.18. The van der Waals surface area contributed by atoms with Gasteiger partial charge in [0.15, 0.2) is 0 Å². The highest BCUT2D eigenvalue weighted by atomic mass is 79.9. The number of hydrogen-bond acceptors (Lipinski definition) is 1. The number of nitrogens with one attached hydrogen (secondary N) is 1. The summed E-state index contributed by atoms with van der Waals surface area (Å²) in [6.45, 7) is -0.269. The van der Waals surface area contributed by atoms with Crippen LogP contribution in [0.25, 0.3) is 0 Å². The largest absolute Gasteiger partial charge is 0.416 e. The molecule has 106 valence electrons. The molecule has 0 saturated carbocycles. The fourth-order valence-electron chi connectivity index (χ4n) is 1.21. The first kappa shape index (κ1) is 15.9. The van der Waals surface area contributed by atoms with Crippen molar-refractivity contribution in [3.63, 3.8) is 0 Å². The van der Waals surface area contributed by atoms with E-state index in [1.54, 1.807) is 0 Å². The Labute approximate surface area is 114 Å². The molecule has 0 unspecified atom stereocenters. The quantitative estimate of drug-likeness (QED) is 0.828. The maximum atomic E-state index is 12.5. The lowest BCUT2D eigenvalue weighted by molar-refractivity contribution is -0.137. The smallest absolute Gasteiger partial charge is 0.346 e. The molecule has 2 nitrogen and oxygen atoms in total. The summed E-state index contributed by atoms with van der Waals surface area (Å²) in [5, 5.41) is 1.94. The molecule has 19 heavy (non-hydrogen) atoms. The van der Waals surface area contributed by atoms with Gasteiger partial charge >= 0.3 is 6.18 Å². The molecule has 1 aromatic carbocycles. The molecule has 1 rings (SSSR count). The van der Waals surface area contributed by atoms with Gasteiger partial charge in [0.25, 0.3) is 11.8 Å². The van der Waals surface area contributed by atoms with Gasteiger partial charge in [0, 0.05) is 11.4 Å². The van der Waals surface area contributed by atoms with Crippen molar-refractivity contribution in [1.29, 1.82) is 0 Å². The van der Waals surface area contributed by atoms with E-state index in [1.807, 2.05) is 5.32 Å². The molecular weight excluding hydrogens is 337 g/mol. The fraction of sp³-hybridized carbons (Fsp3) is 0.364. The second-order valence-corrected chi connectivity index (χ2v) is 4.80. The van der Waals surface area contributed by atoms with Gasteiger partial charge < -0.3 is 5.32 Å². The number of carbonyl (C=O) groups is 1. The van der Waals surface area contributed by atoms with Crippen LogP contribution in [0.2, 0.25) is 0 Å². The summed E-state index contributed by atoms with van der Waals surface area (Å²) in [7, 11) is 0. The molecule has 0 atom stereocenters. The van der Waals surface area contributed by atoms with E-state index in [2.05, 4.69) is 15.9 Å². The molecule has 0 aliphatic rings. The van der Waals surface area contributed by atoms with Crippen LogP contribution in [0.1, 0.15) is 22.8 Å². The molecule has 1 aromatic rings. The molecule has 0 aliphatic heterocycles. The van der Waals surface area contributed by atoms with Gasteiger partial charge in [0.2, 0.25) is 0 Å². The van der Waals surface area contributed by atoms with Crippen LogP contribution in [0.15, 0.2) is 22.7 Å². The number of halogens is 6. The molecule has 8 heteroatoms. The molecular formula is C11H9BrF5NO. The second-order valence-electron chi connectivity index (χ2n) is 3.95. The van der Waals surface area contributed by atoms with Gasteiger partial charge in [-0.1, -0.05) is 0 Å². The predicted molar refractivity (Wildman–Crippen MR) is 62.1 cm³/mol. The Morgan fingerprint density at radius 3 is 2.26 bits per heavy atom. The summed E-state index contributed by atoms with van der Waals surface area (Å²) in [5.74, 6) is -3.96. The Kier molecular flexibility index (Phi) is 4.54. The van der Waals surface area contributed by atoms with Crippen LogP contribution in [0.3, 0.4) is 0 Å².